The molecule has 0 radical (unpaired) electrons. The van der Waals surface area contributed by atoms with Crippen molar-refractivity contribution in [3.63, 3.8) is 0 Å². The van der Waals surface area contributed by atoms with Crippen LogP contribution in [0.2, 0.25) is 0 Å². The van der Waals surface area contributed by atoms with Gasteiger partial charge in [-0.05, 0) is 48.7 Å². The third kappa shape index (κ3) is 5.27. The number of halogens is 1. The first-order valence-electron chi connectivity index (χ1n) is 13.7. The number of anilines is 1. The summed E-state index contributed by atoms with van der Waals surface area (Å²) in [6.07, 6.45) is 0. The van der Waals surface area contributed by atoms with Gasteiger partial charge in [-0.25, -0.2) is 9.07 Å². The molecule has 3 heterocycles. The van der Waals surface area contributed by atoms with E-state index in [0.29, 0.717) is 32.1 Å². The Kier molecular flexibility index (Phi) is 7.64. The quantitative estimate of drug-likeness (QED) is 0.325. The largest absolute Gasteiger partial charge is 0.378 e. The summed E-state index contributed by atoms with van der Waals surface area (Å²) in [6, 6.07) is 22.3. The van der Waals surface area contributed by atoms with Crippen LogP contribution in [0.5, 0.6) is 0 Å². The zero-order valence-corrected chi connectivity index (χ0v) is 23.9. The predicted molar refractivity (Wildman–Crippen MR) is 159 cm³/mol. The van der Waals surface area contributed by atoms with Crippen LogP contribution in [-0.4, -0.2) is 65.1 Å². The Morgan fingerprint density at radius 2 is 1.73 bits per heavy atom. The van der Waals surface area contributed by atoms with Gasteiger partial charge in [-0.1, -0.05) is 54.6 Å². The molecule has 3 aromatic carbocycles. The number of benzene rings is 3. The second kappa shape index (κ2) is 11.5. The van der Waals surface area contributed by atoms with Crippen molar-refractivity contribution in [2.75, 3.05) is 43.5 Å². The molecular formula is C32H31FN4O3S. The highest BCUT2D eigenvalue weighted by Gasteiger charge is 2.38. The number of thioether (sulfide) groups is 1. The standard InChI is InChI=1S/C32H31FN4O3S/c1-21-7-6-10-26(22(21)2)37-32-29(30(34-37)23-8-4-3-5-9-23)31(24-11-13-25(33)14-12-24)41-20-28(39)36(32)19-27(38)35-15-17-40-18-16-35/h3-14,31H,15-20H2,1-2H3. The van der Waals surface area contributed by atoms with Crippen molar-refractivity contribution in [3.05, 3.63) is 101 Å². The lowest BCUT2D eigenvalue weighted by Crippen LogP contribution is -2.48. The van der Waals surface area contributed by atoms with Crippen molar-refractivity contribution < 1.29 is 18.7 Å². The fourth-order valence-corrected chi connectivity index (χ4v) is 6.61. The lowest BCUT2D eigenvalue weighted by molar-refractivity contribution is -0.134. The van der Waals surface area contributed by atoms with Crippen LogP contribution < -0.4 is 4.90 Å². The van der Waals surface area contributed by atoms with Crippen LogP contribution in [0.4, 0.5) is 10.2 Å². The minimum absolute atomic E-state index is 0.104. The van der Waals surface area contributed by atoms with E-state index in [2.05, 4.69) is 0 Å². The molecule has 4 aromatic rings. The number of amides is 2. The van der Waals surface area contributed by atoms with Gasteiger partial charge in [0.05, 0.1) is 35.6 Å². The lowest BCUT2D eigenvalue weighted by atomic mass is 9.99. The Morgan fingerprint density at radius 3 is 2.46 bits per heavy atom. The van der Waals surface area contributed by atoms with Gasteiger partial charge < -0.3 is 9.64 Å². The van der Waals surface area contributed by atoms with E-state index in [-0.39, 0.29) is 35.2 Å². The molecule has 6 rings (SSSR count). The van der Waals surface area contributed by atoms with E-state index in [0.717, 1.165) is 39.2 Å². The van der Waals surface area contributed by atoms with E-state index < -0.39 is 0 Å². The SMILES string of the molecule is Cc1cccc(-n2nc(-c3ccccc3)c3c2N(CC(=O)N2CCOCC2)C(=O)CSC3c2ccc(F)cc2)c1C. The van der Waals surface area contributed by atoms with Crippen LogP contribution in [-0.2, 0) is 14.3 Å². The summed E-state index contributed by atoms with van der Waals surface area (Å²) in [5.74, 6) is 0.106. The second-order valence-electron chi connectivity index (χ2n) is 10.3. The zero-order valence-electron chi connectivity index (χ0n) is 23.0. The number of ether oxygens (including phenoxy) is 1. The molecule has 0 N–H and O–H groups in total. The molecule has 0 saturated carbocycles. The number of aryl methyl sites for hydroxylation is 1. The molecule has 0 bridgehead atoms. The van der Waals surface area contributed by atoms with E-state index in [4.69, 9.17) is 9.84 Å². The molecule has 41 heavy (non-hydrogen) atoms. The molecule has 210 valence electrons. The van der Waals surface area contributed by atoms with Crippen molar-refractivity contribution in [1.29, 1.82) is 0 Å². The van der Waals surface area contributed by atoms with E-state index in [1.54, 1.807) is 21.9 Å². The monoisotopic (exact) mass is 570 g/mol. The van der Waals surface area contributed by atoms with Crippen LogP contribution in [0.25, 0.3) is 16.9 Å². The van der Waals surface area contributed by atoms with Gasteiger partial charge in [-0.15, -0.1) is 11.8 Å². The molecule has 2 aliphatic heterocycles. The number of carbonyl (C=O) groups is 2. The molecule has 9 heteroatoms. The van der Waals surface area contributed by atoms with Crippen LogP contribution in [0, 0.1) is 19.7 Å². The molecule has 1 aromatic heterocycles. The smallest absolute Gasteiger partial charge is 0.242 e. The van der Waals surface area contributed by atoms with Crippen LogP contribution >= 0.6 is 11.8 Å². The number of fused-ring (bicyclic) bond motifs is 1. The topological polar surface area (TPSA) is 67.7 Å². The highest BCUT2D eigenvalue weighted by atomic mass is 32.2. The number of morpholine rings is 1. The van der Waals surface area contributed by atoms with Crippen LogP contribution in [0.15, 0.2) is 72.8 Å². The highest BCUT2D eigenvalue weighted by molar-refractivity contribution is 8.00. The van der Waals surface area contributed by atoms with Crippen LogP contribution in [0.1, 0.15) is 27.5 Å². The molecule has 1 atom stereocenters. The summed E-state index contributed by atoms with van der Waals surface area (Å²) >= 11 is 1.47. The van der Waals surface area contributed by atoms with Gasteiger partial charge in [0.15, 0.2) is 0 Å². The Balaban J connectivity index is 1.61. The number of aromatic nitrogens is 2. The Bertz CT molecular complexity index is 1580. The maximum atomic E-state index is 14.0. The average molecular weight is 571 g/mol. The van der Waals surface area contributed by atoms with Crippen molar-refractivity contribution in [1.82, 2.24) is 14.7 Å². The van der Waals surface area contributed by atoms with Gasteiger partial charge in [0.1, 0.15) is 18.2 Å². The average Bonchev–Trinajstić information content (AvgIpc) is 3.32. The first kappa shape index (κ1) is 27.2. The van der Waals surface area contributed by atoms with Crippen molar-refractivity contribution in [2.45, 2.75) is 19.1 Å². The molecule has 1 saturated heterocycles. The minimum Gasteiger partial charge on any atom is -0.378 e. The first-order valence-corrected chi connectivity index (χ1v) is 14.7. The normalized spacial score (nSPS) is 17.3. The molecule has 7 nitrogen and oxygen atoms in total. The Labute approximate surface area is 242 Å². The van der Waals surface area contributed by atoms with E-state index in [1.165, 1.54) is 23.9 Å². The van der Waals surface area contributed by atoms with Crippen LogP contribution in [0.3, 0.4) is 0 Å². The van der Waals surface area contributed by atoms with Gasteiger partial charge in [0, 0.05) is 24.2 Å². The van der Waals surface area contributed by atoms with Gasteiger partial charge in [0.2, 0.25) is 11.8 Å². The third-order valence-corrected chi connectivity index (χ3v) is 9.03. The van der Waals surface area contributed by atoms with Crippen molar-refractivity contribution >= 4 is 29.4 Å². The number of nitrogens with zero attached hydrogens (tertiary/aromatic N) is 4. The van der Waals surface area contributed by atoms with Gasteiger partial charge in [-0.2, -0.15) is 5.10 Å². The van der Waals surface area contributed by atoms with E-state index in [9.17, 15) is 14.0 Å². The summed E-state index contributed by atoms with van der Waals surface area (Å²) in [5.41, 5.74) is 6.27. The fraction of sp³-hybridized carbons (Fsp3) is 0.281. The molecule has 0 spiro atoms. The maximum absolute atomic E-state index is 14.0. The second-order valence-corrected chi connectivity index (χ2v) is 11.4. The minimum atomic E-state index is -0.323. The summed E-state index contributed by atoms with van der Waals surface area (Å²) in [5, 5.41) is 4.85. The molecule has 1 fully saturated rings. The Morgan fingerprint density at radius 1 is 1.00 bits per heavy atom. The van der Waals surface area contributed by atoms with E-state index in [1.807, 2.05) is 67.1 Å². The summed E-state index contributed by atoms with van der Waals surface area (Å²) in [6.45, 7) is 5.92. The molecule has 2 amide bonds. The van der Waals surface area contributed by atoms with E-state index >= 15 is 0 Å². The number of hydrogen-bond donors (Lipinski definition) is 0. The lowest BCUT2D eigenvalue weighted by Gasteiger charge is -2.30. The molecule has 1 unspecified atom stereocenters. The summed E-state index contributed by atoms with van der Waals surface area (Å²) in [7, 11) is 0. The van der Waals surface area contributed by atoms with Crippen molar-refractivity contribution in [3.8, 4) is 16.9 Å². The third-order valence-electron chi connectivity index (χ3n) is 7.77. The first-order chi connectivity index (χ1) is 19.9. The molecular weight excluding hydrogens is 539 g/mol. The highest BCUT2D eigenvalue weighted by Crippen LogP contribution is 2.48. The van der Waals surface area contributed by atoms with Crippen molar-refractivity contribution in [2.24, 2.45) is 0 Å². The summed E-state index contributed by atoms with van der Waals surface area (Å²) in [4.78, 5) is 30.8. The fourth-order valence-electron chi connectivity index (χ4n) is 5.41. The number of rotatable bonds is 5. The number of carbonyl (C=O) groups excluding carboxylic acids is 2. The molecule has 0 aliphatic carbocycles. The maximum Gasteiger partial charge on any atom is 0.242 e. The Hall–Kier alpha value is -3.95. The summed E-state index contributed by atoms with van der Waals surface area (Å²) < 4.78 is 21.3. The zero-order chi connectivity index (χ0) is 28.5. The number of hydrogen-bond acceptors (Lipinski definition) is 5. The van der Waals surface area contributed by atoms with Gasteiger partial charge >= 0.3 is 0 Å². The van der Waals surface area contributed by atoms with Gasteiger partial charge in [0.25, 0.3) is 0 Å². The van der Waals surface area contributed by atoms with Gasteiger partial charge in [-0.3, -0.25) is 14.5 Å². The molecule has 2 aliphatic rings. The predicted octanol–water partition coefficient (Wildman–Crippen LogP) is 5.32.